The van der Waals surface area contributed by atoms with Crippen LogP contribution in [0.4, 0.5) is 10.5 Å². The van der Waals surface area contributed by atoms with E-state index in [1.165, 1.54) is 0 Å². The van der Waals surface area contributed by atoms with Crippen molar-refractivity contribution in [3.8, 4) is 0 Å². The molecule has 1 fully saturated rings. The lowest BCUT2D eigenvalue weighted by atomic mass is 10.2. The monoisotopic (exact) mass is 375 g/mol. The normalized spacial score (nSPS) is 16.8. The summed E-state index contributed by atoms with van der Waals surface area (Å²) in [5.74, 6) is 0.895. The van der Waals surface area contributed by atoms with Crippen LogP contribution in [0.25, 0.3) is 0 Å². The number of anilines is 1. The lowest BCUT2D eigenvalue weighted by Crippen LogP contribution is -2.45. The van der Waals surface area contributed by atoms with Gasteiger partial charge < -0.3 is 19.7 Å². The molecule has 1 saturated heterocycles. The van der Waals surface area contributed by atoms with E-state index in [1.54, 1.807) is 35.2 Å². The van der Waals surface area contributed by atoms with E-state index in [9.17, 15) is 9.59 Å². The molecule has 0 spiro atoms. The molecule has 0 saturated carbocycles. The Hall–Kier alpha value is -2.54. The topological polar surface area (TPSA) is 70.5 Å². The van der Waals surface area contributed by atoms with E-state index in [1.807, 2.05) is 29.8 Å². The smallest absolute Gasteiger partial charge is 0.317 e. The van der Waals surface area contributed by atoms with E-state index in [4.69, 9.17) is 11.6 Å². The van der Waals surface area contributed by atoms with E-state index >= 15 is 0 Å². The van der Waals surface area contributed by atoms with Crippen molar-refractivity contribution in [1.82, 2.24) is 19.8 Å². The van der Waals surface area contributed by atoms with Crippen LogP contribution in [0.5, 0.6) is 0 Å². The minimum Gasteiger partial charge on any atom is -0.333 e. The first-order chi connectivity index (χ1) is 12.4. The van der Waals surface area contributed by atoms with Crippen LogP contribution in [0.15, 0.2) is 36.7 Å². The predicted molar refractivity (Wildman–Crippen MR) is 100 cm³/mol. The highest BCUT2D eigenvalue weighted by Crippen LogP contribution is 2.24. The first-order valence-electron chi connectivity index (χ1n) is 8.49. The van der Waals surface area contributed by atoms with Gasteiger partial charge in [-0.05, 0) is 25.1 Å². The van der Waals surface area contributed by atoms with Gasteiger partial charge in [0.25, 0.3) is 0 Å². The highest BCUT2D eigenvalue weighted by molar-refractivity contribution is 6.30. The highest BCUT2D eigenvalue weighted by atomic mass is 35.5. The number of amides is 3. The quantitative estimate of drug-likeness (QED) is 0.871. The van der Waals surface area contributed by atoms with Gasteiger partial charge in [-0.2, -0.15) is 0 Å². The van der Waals surface area contributed by atoms with E-state index in [0.29, 0.717) is 24.7 Å². The summed E-state index contributed by atoms with van der Waals surface area (Å²) in [6.45, 7) is 3.60. The second kappa shape index (κ2) is 7.78. The maximum Gasteiger partial charge on any atom is 0.317 e. The fourth-order valence-corrected chi connectivity index (χ4v) is 3.17. The van der Waals surface area contributed by atoms with Crippen LogP contribution < -0.4 is 10.2 Å². The molecule has 3 amide bonds. The molecule has 0 radical (unpaired) electrons. The molecule has 138 valence electrons. The molecule has 3 rings (SSSR count). The molecule has 1 atom stereocenters. The van der Waals surface area contributed by atoms with Gasteiger partial charge in [0, 0.05) is 56.2 Å². The summed E-state index contributed by atoms with van der Waals surface area (Å²) in [4.78, 5) is 32.1. The van der Waals surface area contributed by atoms with Gasteiger partial charge in [0.05, 0.1) is 6.04 Å². The van der Waals surface area contributed by atoms with Gasteiger partial charge >= 0.3 is 6.03 Å². The van der Waals surface area contributed by atoms with Gasteiger partial charge in [-0.15, -0.1) is 0 Å². The number of rotatable bonds is 5. The second-order valence-corrected chi connectivity index (χ2v) is 6.86. The van der Waals surface area contributed by atoms with Gasteiger partial charge in [-0.25, -0.2) is 9.78 Å². The first-order valence-corrected chi connectivity index (χ1v) is 8.87. The number of nitrogens with one attached hydrogen (secondary N) is 1. The zero-order valence-electron chi connectivity index (χ0n) is 14.9. The fourth-order valence-electron chi connectivity index (χ4n) is 2.98. The molecule has 1 aromatic carbocycles. The number of likely N-dealkylation sites (N-methyl/N-ethyl adjacent to an activating group) is 1. The number of aryl methyl sites for hydroxylation is 1. The van der Waals surface area contributed by atoms with Crippen molar-refractivity contribution < 1.29 is 9.59 Å². The van der Waals surface area contributed by atoms with Crippen molar-refractivity contribution in [1.29, 1.82) is 0 Å². The van der Waals surface area contributed by atoms with Crippen LogP contribution in [-0.4, -0.2) is 52.6 Å². The fraction of sp³-hybridized carbons (Fsp3) is 0.389. The number of carbonyl (C=O) groups is 2. The number of benzene rings is 1. The molecule has 0 bridgehead atoms. The SMILES string of the molecule is Cc1nccn1CCN(C)C(=O)NC1CC(=O)N(c2cccc(Cl)c2)C1. The Morgan fingerprint density at radius 3 is 2.96 bits per heavy atom. The van der Waals surface area contributed by atoms with Gasteiger partial charge in [0.2, 0.25) is 5.91 Å². The zero-order chi connectivity index (χ0) is 18.7. The van der Waals surface area contributed by atoms with Gasteiger partial charge in [-0.3, -0.25) is 4.79 Å². The van der Waals surface area contributed by atoms with Crippen LogP contribution >= 0.6 is 11.6 Å². The Morgan fingerprint density at radius 1 is 1.46 bits per heavy atom. The Balaban J connectivity index is 1.53. The molecule has 2 aromatic rings. The standard InChI is InChI=1S/C18H22ClN5O2/c1-13-20-6-7-23(13)9-8-22(2)18(26)21-15-11-17(25)24(12-15)16-5-3-4-14(19)10-16/h3-7,10,15H,8-9,11-12H2,1-2H3,(H,21,26). The molecular formula is C18H22ClN5O2. The summed E-state index contributed by atoms with van der Waals surface area (Å²) < 4.78 is 1.99. The Labute approximate surface area is 157 Å². The number of nitrogens with zero attached hydrogens (tertiary/aromatic N) is 4. The van der Waals surface area contributed by atoms with Gasteiger partial charge in [0.1, 0.15) is 5.82 Å². The van der Waals surface area contributed by atoms with Crippen molar-refractivity contribution in [2.75, 3.05) is 25.0 Å². The van der Waals surface area contributed by atoms with Crippen molar-refractivity contribution in [3.05, 3.63) is 47.5 Å². The van der Waals surface area contributed by atoms with Crippen LogP contribution in [0.1, 0.15) is 12.2 Å². The summed E-state index contributed by atoms with van der Waals surface area (Å²) in [6, 6.07) is 6.77. The third-order valence-electron chi connectivity index (χ3n) is 4.52. The van der Waals surface area contributed by atoms with Crippen molar-refractivity contribution in [3.63, 3.8) is 0 Å². The summed E-state index contributed by atoms with van der Waals surface area (Å²) in [5.41, 5.74) is 0.753. The van der Waals surface area contributed by atoms with E-state index in [0.717, 1.165) is 11.5 Å². The molecule has 1 N–H and O–H groups in total. The van der Waals surface area contributed by atoms with Crippen LogP contribution in [-0.2, 0) is 11.3 Å². The van der Waals surface area contributed by atoms with Crippen molar-refractivity contribution >= 4 is 29.2 Å². The maximum atomic E-state index is 12.4. The number of aromatic nitrogens is 2. The number of carbonyl (C=O) groups excluding carboxylic acids is 2. The summed E-state index contributed by atoms with van der Waals surface area (Å²) in [5, 5.41) is 3.52. The molecule has 1 aliphatic heterocycles. The molecule has 1 aromatic heterocycles. The minimum absolute atomic E-state index is 0.0192. The molecular weight excluding hydrogens is 354 g/mol. The molecule has 1 aliphatic rings. The molecule has 1 unspecified atom stereocenters. The lowest BCUT2D eigenvalue weighted by molar-refractivity contribution is -0.117. The van der Waals surface area contributed by atoms with E-state index < -0.39 is 0 Å². The Kier molecular flexibility index (Phi) is 5.46. The summed E-state index contributed by atoms with van der Waals surface area (Å²) in [6.07, 6.45) is 3.91. The molecule has 7 nitrogen and oxygen atoms in total. The average molecular weight is 376 g/mol. The third-order valence-corrected chi connectivity index (χ3v) is 4.75. The number of urea groups is 1. The first kappa shape index (κ1) is 18.3. The van der Waals surface area contributed by atoms with Crippen LogP contribution in [0.3, 0.4) is 0 Å². The van der Waals surface area contributed by atoms with Crippen LogP contribution in [0, 0.1) is 6.92 Å². The van der Waals surface area contributed by atoms with Gasteiger partial charge in [0.15, 0.2) is 0 Å². The van der Waals surface area contributed by atoms with Gasteiger partial charge in [-0.1, -0.05) is 17.7 Å². The Bertz CT molecular complexity index is 806. The molecule has 0 aliphatic carbocycles. The average Bonchev–Trinajstić information content (AvgIpc) is 3.18. The van der Waals surface area contributed by atoms with Crippen molar-refractivity contribution in [2.45, 2.75) is 25.9 Å². The minimum atomic E-state index is -0.216. The van der Waals surface area contributed by atoms with E-state index in [2.05, 4.69) is 10.3 Å². The summed E-state index contributed by atoms with van der Waals surface area (Å²) >= 11 is 6.00. The number of hydrogen-bond acceptors (Lipinski definition) is 3. The number of halogens is 1. The number of hydrogen-bond donors (Lipinski definition) is 1. The number of imidazole rings is 1. The third kappa shape index (κ3) is 4.16. The highest BCUT2D eigenvalue weighted by Gasteiger charge is 2.32. The largest absolute Gasteiger partial charge is 0.333 e. The second-order valence-electron chi connectivity index (χ2n) is 6.42. The van der Waals surface area contributed by atoms with Crippen LogP contribution in [0.2, 0.25) is 5.02 Å². The Morgan fingerprint density at radius 2 is 2.27 bits per heavy atom. The van der Waals surface area contributed by atoms with Crippen molar-refractivity contribution in [2.24, 2.45) is 0 Å². The zero-order valence-corrected chi connectivity index (χ0v) is 15.6. The molecule has 2 heterocycles. The molecule has 26 heavy (non-hydrogen) atoms. The predicted octanol–water partition coefficient (Wildman–Crippen LogP) is 2.29. The lowest BCUT2D eigenvalue weighted by Gasteiger charge is -2.22. The molecule has 8 heteroatoms. The van der Waals surface area contributed by atoms with E-state index in [-0.39, 0.29) is 24.4 Å². The maximum absolute atomic E-state index is 12.4. The summed E-state index contributed by atoms with van der Waals surface area (Å²) in [7, 11) is 1.74.